The zero-order valence-electron chi connectivity index (χ0n) is 11.4. The van der Waals surface area contributed by atoms with Crippen molar-refractivity contribution in [2.75, 3.05) is 7.11 Å². The van der Waals surface area contributed by atoms with Gasteiger partial charge in [-0.2, -0.15) is 0 Å². The van der Waals surface area contributed by atoms with Crippen LogP contribution in [0.2, 0.25) is 0 Å². The van der Waals surface area contributed by atoms with Gasteiger partial charge in [0.1, 0.15) is 5.75 Å². The summed E-state index contributed by atoms with van der Waals surface area (Å²) in [7, 11) is 1.68. The van der Waals surface area contributed by atoms with Crippen molar-refractivity contribution in [1.29, 1.82) is 0 Å². The highest BCUT2D eigenvalue weighted by Gasteiger charge is 2.14. The fraction of sp³-hybridized carbons (Fsp3) is 0.571. The summed E-state index contributed by atoms with van der Waals surface area (Å²) in [6, 6.07) is 6.13. The van der Waals surface area contributed by atoms with E-state index in [1.807, 2.05) is 18.2 Å². The summed E-state index contributed by atoms with van der Waals surface area (Å²) >= 11 is 3.57. The van der Waals surface area contributed by atoms with E-state index in [1.165, 1.54) is 6.42 Å². The molecule has 1 aromatic carbocycles. The fourth-order valence-corrected chi connectivity index (χ4v) is 2.50. The lowest BCUT2D eigenvalue weighted by Crippen LogP contribution is -2.28. The standard InChI is InChI=1S/C14H23BrN2O/c1-10(2)5-4-6-14(17-16)12-9-11(18-3)7-8-13(12)15/h7-10,14,17H,4-6,16H2,1-3H3. The molecule has 3 nitrogen and oxygen atoms in total. The Morgan fingerprint density at radius 2 is 2.06 bits per heavy atom. The van der Waals surface area contributed by atoms with E-state index in [9.17, 15) is 0 Å². The molecule has 0 saturated carbocycles. The second-order valence-corrected chi connectivity index (χ2v) is 5.79. The average molecular weight is 315 g/mol. The number of hydrazine groups is 1. The van der Waals surface area contributed by atoms with Gasteiger partial charge in [0.2, 0.25) is 0 Å². The first kappa shape index (κ1) is 15.5. The third kappa shape index (κ3) is 4.59. The third-order valence-electron chi connectivity index (χ3n) is 3.05. The molecule has 1 atom stereocenters. The average Bonchev–Trinajstić information content (AvgIpc) is 2.35. The quantitative estimate of drug-likeness (QED) is 0.594. The summed E-state index contributed by atoms with van der Waals surface area (Å²) in [6.07, 6.45) is 3.41. The number of rotatable bonds is 7. The summed E-state index contributed by atoms with van der Waals surface area (Å²) in [5.41, 5.74) is 4.05. The number of nitrogens with one attached hydrogen (secondary N) is 1. The monoisotopic (exact) mass is 314 g/mol. The number of nitrogens with two attached hydrogens (primary N) is 1. The van der Waals surface area contributed by atoms with Crippen molar-refractivity contribution in [2.45, 2.75) is 39.2 Å². The summed E-state index contributed by atoms with van der Waals surface area (Å²) in [5.74, 6) is 7.26. The Bertz CT molecular complexity index is 369. The van der Waals surface area contributed by atoms with Gasteiger partial charge in [0.25, 0.3) is 0 Å². The second kappa shape index (κ2) is 7.77. The van der Waals surface area contributed by atoms with Gasteiger partial charge in [0.05, 0.1) is 7.11 Å². The smallest absolute Gasteiger partial charge is 0.119 e. The van der Waals surface area contributed by atoms with E-state index in [0.717, 1.165) is 34.5 Å². The molecule has 0 saturated heterocycles. The van der Waals surface area contributed by atoms with Crippen LogP contribution in [0, 0.1) is 5.92 Å². The molecule has 0 bridgehead atoms. The second-order valence-electron chi connectivity index (χ2n) is 4.93. The van der Waals surface area contributed by atoms with E-state index >= 15 is 0 Å². The van der Waals surface area contributed by atoms with E-state index in [4.69, 9.17) is 10.6 Å². The van der Waals surface area contributed by atoms with Crippen LogP contribution in [-0.2, 0) is 0 Å². The molecular formula is C14H23BrN2O. The molecule has 0 aromatic heterocycles. The van der Waals surface area contributed by atoms with E-state index in [2.05, 4.69) is 35.2 Å². The molecule has 1 rings (SSSR count). The van der Waals surface area contributed by atoms with Crippen LogP contribution in [0.25, 0.3) is 0 Å². The van der Waals surface area contributed by atoms with Crippen LogP contribution < -0.4 is 16.0 Å². The molecule has 0 heterocycles. The minimum absolute atomic E-state index is 0.160. The molecule has 0 aliphatic heterocycles. The van der Waals surface area contributed by atoms with Crippen molar-refractivity contribution in [1.82, 2.24) is 5.43 Å². The maximum atomic E-state index is 5.67. The van der Waals surface area contributed by atoms with Gasteiger partial charge < -0.3 is 4.74 Å². The lowest BCUT2D eigenvalue weighted by Gasteiger charge is -2.19. The first-order valence-electron chi connectivity index (χ1n) is 6.38. The first-order chi connectivity index (χ1) is 8.58. The molecule has 3 N–H and O–H groups in total. The van der Waals surface area contributed by atoms with Gasteiger partial charge in [-0.05, 0) is 36.1 Å². The van der Waals surface area contributed by atoms with Crippen molar-refractivity contribution in [3.05, 3.63) is 28.2 Å². The Morgan fingerprint density at radius 3 is 2.61 bits per heavy atom. The highest BCUT2D eigenvalue weighted by Crippen LogP contribution is 2.30. The van der Waals surface area contributed by atoms with E-state index in [1.54, 1.807) is 7.11 Å². The Labute approximate surface area is 118 Å². The van der Waals surface area contributed by atoms with Crippen molar-refractivity contribution >= 4 is 15.9 Å². The van der Waals surface area contributed by atoms with Crippen LogP contribution in [0.3, 0.4) is 0 Å². The SMILES string of the molecule is COc1ccc(Br)c(C(CCCC(C)C)NN)c1. The van der Waals surface area contributed by atoms with Gasteiger partial charge >= 0.3 is 0 Å². The van der Waals surface area contributed by atoms with E-state index in [0.29, 0.717) is 0 Å². The van der Waals surface area contributed by atoms with Crippen molar-refractivity contribution < 1.29 is 4.74 Å². The van der Waals surface area contributed by atoms with Gasteiger partial charge in [-0.3, -0.25) is 11.3 Å². The Kier molecular flexibility index (Phi) is 6.68. The normalized spacial score (nSPS) is 12.8. The molecule has 0 aliphatic rings. The third-order valence-corrected chi connectivity index (χ3v) is 3.78. The predicted octanol–water partition coefficient (Wildman–Crippen LogP) is 3.79. The van der Waals surface area contributed by atoms with E-state index < -0.39 is 0 Å². The van der Waals surface area contributed by atoms with Crippen molar-refractivity contribution in [3.63, 3.8) is 0 Å². The lowest BCUT2D eigenvalue weighted by molar-refractivity contribution is 0.410. The predicted molar refractivity (Wildman–Crippen MR) is 79.4 cm³/mol. The van der Waals surface area contributed by atoms with Gasteiger partial charge in [0, 0.05) is 10.5 Å². The van der Waals surface area contributed by atoms with E-state index in [-0.39, 0.29) is 6.04 Å². The minimum atomic E-state index is 0.160. The van der Waals surface area contributed by atoms with Crippen LogP contribution in [0.1, 0.15) is 44.7 Å². The summed E-state index contributed by atoms with van der Waals surface area (Å²) in [5, 5.41) is 0. The molecule has 102 valence electrons. The molecular weight excluding hydrogens is 292 g/mol. The molecule has 0 aliphatic carbocycles. The maximum absolute atomic E-state index is 5.67. The molecule has 18 heavy (non-hydrogen) atoms. The van der Waals surface area contributed by atoms with Crippen LogP contribution in [0.4, 0.5) is 0 Å². The largest absolute Gasteiger partial charge is 0.497 e. The Balaban J connectivity index is 2.74. The highest BCUT2D eigenvalue weighted by atomic mass is 79.9. The molecule has 0 fully saturated rings. The van der Waals surface area contributed by atoms with Gasteiger partial charge in [0.15, 0.2) is 0 Å². The van der Waals surface area contributed by atoms with Gasteiger partial charge in [-0.15, -0.1) is 0 Å². The number of benzene rings is 1. The Hall–Kier alpha value is -0.580. The van der Waals surface area contributed by atoms with Crippen molar-refractivity contribution in [2.24, 2.45) is 11.8 Å². The maximum Gasteiger partial charge on any atom is 0.119 e. The molecule has 1 aromatic rings. The first-order valence-corrected chi connectivity index (χ1v) is 7.17. The molecule has 4 heteroatoms. The number of hydrogen-bond acceptors (Lipinski definition) is 3. The molecule has 0 amide bonds. The summed E-state index contributed by atoms with van der Waals surface area (Å²) in [6.45, 7) is 4.48. The van der Waals surface area contributed by atoms with Crippen LogP contribution in [0.15, 0.2) is 22.7 Å². The topological polar surface area (TPSA) is 47.3 Å². The number of hydrogen-bond donors (Lipinski definition) is 2. The summed E-state index contributed by atoms with van der Waals surface area (Å²) < 4.78 is 6.32. The van der Waals surface area contributed by atoms with Gasteiger partial charge in [-0.25, -0.2) is 0 Å². The number of ether oxygens (including phenoxy) is 1. The van der Waals surface area contributed by atoms with Crippen LogP contribution >= 0.6 is 15.9 Å². The molecule has 0 radical (unpaired) electrons. The van der Waals surface area contributed by atoms with Crippen molar-refractivity contribution in [3.8, 4) is 5.75 Å². The van der Waals surface area contributed by atoms with Gasteiger partial charge in [-0.1, -0.05) is 42.6 Å². The van der Waals surface area contributed by atoms with Crippen LogP contribution in [-0.4, -0.2) is 7.11 Å². The highest BCUT2D eigenvalue weighted by molar-refractivity contribution is 9.10. The molecule has 0 spiro atoms. The minimum Gasteiger partial charge on any atom is -0.497 e. The lowest BCUT2D eigenvalue weighted by atomic mass is 9.98. The fourth-order valence-electron chi connectivity index (χ4n) is 1.97. The number of methoxy groups -OCH3 is 1. The Morgan fingerprint density at radius 1 is 1.33 bits per heavy atom. The zero-order valence-corrected chi connectivity index (χ0v) is 13.0. The number of halogens is 1. The van der Waals surface area contributed by atoms with Crippen LogP contribution in [0.5, 0.6) is 5.75 Å². The summed E-state index contributed by atoms with van der Waals surface area (Å²) in [4.78, 5) is 0. The molecule has 1 unspecified atom stereocenters. The zero-order chi connectivity index (χ0) is 13.5.